The number of rotatable bonds is 7. The van der Waals surface area contributed by atoms with Crippen LogP contribution in [0, 0.1) is 0 Å². The van der Waals surface area contributed by atoms with Crippen molar-refractivity contribution in [1.29, 1.82) is 0 Å². The summed E-state index contributed by atoms with van der Waals surface area (Å²) in [4.78, 5) is 16.3. The van der Waals surface area contributed by atoms with E-state index in [4.69, 9.17) is 20.4 Å². The second kappa shape index (κ2) is 9.25. The van der Waals surface area contributed by atoms with Crippen LogP contribution in [-0.2, 0) is 4.84 Å². The van der Waals surface area contributed by atoms with Crippen LogP contribution >= 0.6 is 0 Å². The van der Waals surface area contributed by atoms with Gasteiger partial charge in [0.15, 0.2) is 5.84 Å². The normalized spacial score (nSPS) is 11.0. The standard InChI is InChI=1S/C21H19N3O5/c1-27-24-21(25)15-7-11-17(12-8-15)29-19-4-2-3-18(13-19)28-16-9-5-14(6-10-16)20(22)23-26/h2-13,26H,1H3,(H2,22,23)(H,24,25). The number of amidine groups is 1. The van der Waals surface area contributed by atoms with Crippen LogP contribution in [-0.4, -0.2) is 24.1 Å². The summed E-state index contributed by atoms with van der Waals surface area (Å²) in [5, 5.41) is 11.7. The van der Waals surface area contributed by atoms with Gasteiger partial charge in [0, 0.05) is 17.2 Å². The van der Waals surface area contributed by atoms with E-state index in [1.807, 2.05) is 0 Å². The molecule has 3 rings (SSSR count). The molecule has 0 unspecified atom stereocenters. The molecule has 0 aliphatic carbocycles. The van der Waals surface area contributed by atoms with Crippen LogP contribution in [0.2, 0.25) is 0 Å². The minimum absolute atomic E-state index is 0.0256. The number of hydrogen-bond acceptors (Lipinski definition) is 6. The van der Waals surface area contributed by atoms with E-state index in [1.54, 1.807) is 72.8 Å². The predicted molar refractivity (Wildman–Crippen MR) is 106 cm³/mol. The van der Waals surface area contributed by atoms with Crippen molar-refractivity contribution in [3.63, 3.8) is 0 Å². The number of amides is 1. The quantitative estimate of drug-likeness (QED) is 0.244. The van der Waals surface area contributed by atoms with Crippen LogP contribution in [0.3, 0.4) is 0 Å². The van der Waals surface area contributed by atoms with Crippen molar-refractivity contribution in [1.82, 2.24) is 5.48 Å². The van der Waals surface area contributed by atoms with Crippen molar-refractivity contribution in [2.24, 2.45) is 10.9 Å². The summed E-state index contributed by atoms with van der Waals surface area (Å²) in [6.45, 7) is 0. The van der Waals surface area contributed by atoms with Crippen molar-refractivity contribution in [3.05, 3.63) is 83.9 Å². The van der Waals surface area contributed by atoms with E-state index >= 15 is 0 Å². The van der Waals surface area contributed by atoms with Gasteiger partial charge in [-0.15, -0.1) is 0 Å². The van der Waals surface area contributed by atoms with Crippen LogP contribution in [0.4, 0.5) is 0 Å². The van der Waals surface area contributed by atoms with Gasteiger partial charge in [-0.1, -0.05) is 11.2 Å². The molecule has 0 spiro atoms. The smallest absolute Gasteiger partial charge is 0.274 e. The summed E-state index contributed by atoms with van der Waals surface area (Å²) in [6, 6.07) is 20.6. The molecule has 0 heterocycles. The third kappa shape index (κ3) is 5.24. The third-order valence-electron chi connectivity index (χ3n) is 3.85. The van der Waals surface area contributed by atoms with Crippen molar-refractivity contribution >= 4 is 11.7 Å². The second-order valence-electron chi connectivity index (χ2n) is 5.85. The Bertz CT molecular complexity index is 1000. The van der Waals surface area contributed by atoms with Crippen molar-refractivity contribution in [2.75, 3.05) is 7.11 Å². The molecule has 0 fully saturated rings. The number of carbonyl (C=O) groups excluding carboxylic acids is 1. The van der Waals surface area contributed by atoms with Crippen molar-refractivity contribution < 1.29 is 24.3 Å². The van der Waals surface area contributed by atoms with Crippen LogP contribution in [0.5, 0.6) is 23.0 Å². The van der Waals surface area contributed by atoms with Gasteiger partial charge in [-0.2, -0.15) is 0 Å². The highest BCUT2D eigenvalue weighted by molar-refractivity contribution is 5.97. The lowest BCUT2D eigenvalue weighted by molar-refractivity contribution is 0.0537. The zero-order valence-corrected chi connectivity index (χ0v) is 15.5. The van der Waals surface area contributed by atoms with Gasteiger partial charge in [-0.25, -0.2) is 5.48 Å². The topological polar surface area (TPSA) is 115 Å². The molecule has 0 aromatic heterocycles. The van der Waals surface area contributed by atoms with Crippen molar-refractivity contribution in [3.8, 4) is 23.0 Å². The molecule has 29 heavy (non-hydrogen) atoms. The molecule has 0 radical (unpaired) electrons. The lowest BCUT2D eigenvalue weighted by Crippen LogP contribution is -2.21. The maximum absolute atomic E-state index is 11.7. The fraction of sp³-hybridized carbons (Fsp3) is 0.0476. The zero-order valence-electron chi connectivity index (χ0n) is 15.5. The first-order valence-electron chi connectivity index (χ1n) is 8.56. The van der Waals surface area contributed by atoms with Crippen LogP contribution in [0.15, 0.2) is 78.0 Å². The summed E-state index contributed by atoms with van der Waals surface area (Å²) in [5.74, 6) is 1.99. The van der Waals surface area contributed by atoms with Gasteiger partial charge in [0.1, 0.15) is 23.0 Å². The first kappa shape index (κ1) is 19.7. The zero-order chi connectivity index (χ0) is 20.6. The number of hydroxylamine groups is 1. The van der Waals surface area contributed by atoms with E-state index in [1.165, 1.54) is 7.11 Å². The summed E-state index contributed by atoms with van der Waals surface area (Å²) >= 11 is 0. The molecule has 0 atom stereocenters. The minimum atomic E-state index is -0.340. The second-order valence-corrected chi connectivity index (χ2v) is 5.85. The molecular formula is C21H19N3O5. The maximum Gasteiger partial charge on any atom is 0.274 e. The van der Waals surface area contributed by atoms with Gasteiger partial charge < -0.3 is 20.4 Å². The Kier molecular flexibility index (Phi) is 6.29. The maximum atomic E-state index is 11.7. The Balaban J connectivity index is 1.67. The van der Waals surface area contributed by atoms with E-state index in [9.17, 15) is 4.79 Å². The third-order valence-corrected chi connectivity index (χ3v) is 3.85. The van der Waals surface area contributed by atoms with Crippen molar-refractivity contribution in [2.45, 2.75) is 0 Å². The number of nitrogens with two attached hydrogens (primary N) is 1. The molecule has 8 nitrogen and oxygen atoms in total. The minimum Gasteiger partial charge on any atom is -0.457 e. The summed E-state index contributed by atoms with van der Waals surface area (Å²) in [6.07, 6.45) is 0. The van der Waals surface area contributed by atoms with E-state index in [0.29, 0.717) is 34.1 Å². The molecular weight excluding hydrogens is 374 g/mol. The van der Waals surface area contributed by atoms with Gasteiger partial charge >= 0.3 is 0 Å². The molecule has 3 aromatic carbocycles. The molecule has 3 aromatic rings. The first-order chi connectivity index (χ1) is 14.1. The van der Waals surface area contributed by atoms with E-state index in [2.05, 4.69) is 15.5 Å². The molecule has 0 saturated carbocycles. The van der Waals surface area contributed by atoms with Gasteiger partial charge in [-0.05, 0) is 60.7 Å². The Hall–Kier alpha value is -4.04. The SMILES string of the molecule is CONC(=O)c1ccc(Oc2cccc(Oc3ccc(/C(N)=N/O)cc3)c2)cc1. The Labute approximate surface area is 167 Å². The number of carbonyl (C=O) groups is 1. The fourth-order valence-corrected chi connectivity index (χ4v) is 2.45. The lowest BCUT2D eigenvalue weighted by Gasteiger charge is -2.10. The average Bonchev–Trinajstić information content (AvgIpc) is 2.75. The predicted octanol–water partition coefficient (Wildman–Crippen LogP) is 3.66. The Morgan fingerprint density at radius 3 is 1.86 bits per heavy atom. The highest BCUT2D eigenvalue weighted by atomic mass is 16.6. The molecule has 0 aliphatic rings. The number of hydrogen-bond donors (Lipinski definition) is 3. The molecule has 8 heteroatoms. The summed E-state index contributed by atoms with van der Waals surface area (Å²) in [7, 11) is 1.37. The number of benzene rings is 3. The Morgan fingerprint density at radius 2 is 1.38 bits per heavy atom. The largest absolute Gasteiger partial charge is 0.457 e. The summed E-state index contributed by atoms with van der Waals surface area (Å²) < 4.78 is 11.6. The molecule has 148 valence electrons. The number of nitrogens with one attached hydrogen (secondary N) is 1. The highest BCUT2D eigenvalue weighted by Crippen LogP contribution is 2.28. The monoisotopic (exact) mass is 393 g/mol. The Morgan fingerprint density at radius 1 is 0.862 bits per heavy atom. The van der Waals surface area contributed by atoms with E-state index < -0.39 is 0 Å². The van der Waals surface area contributed by atoms with E-state index in [0.717, 1.165) is 0 Å². The van der Waals surface area contributed by atoms with E-state index in [-0.39, 0.29) is 11.7 Å². The molecule has 4 N–H and O–H groups in total. The molecule has 0 saturated heterocycles. The highest BCUT2D eigenvalue weighted by Gasteiger charge is 2.06. The fourth-order valence-electron chi connectivity index (χ4n) is 2.45. The van der Waals surface area contributed by atoms with Gasteiger partial charge in [-0.3, -0.25) is 9.63 Å². The number of ether oxygens (including phenoxy) is 2. The molecule has 0 bridgehead atoms. The van der Waals surface area contributed by atoms with Crippen LogP contribution in [0.1, 0.15) is 15.9 Å². The van der Waals surface area contributed by atoms with Gasteiger partial charge in [0.25, 0.3) is 5.91 Å². The molecule has 0 aliphatic heterocycles. The van der Waals surface area contributed by atoms with Crippen LogP contribution < -0.4 is 20.7 Å². The summed E-state index contributed by atoms with van der Waals surface area (Å²) in [5.41, 5.74) is 8.83. The van der Waals surface area contributed by atoms with Gasteiger partial charge in [0.05, 0.1) is 7.11 Å². The lowest BCUT2D eigenvalue weighted by atomic mass is 10.2. The molecule has 1 amide bonds. The first-order valence-corrected chi connectivity index (χ1v) is 8.56. The average molecular weight is 393 g/mol. The number of oxime groups is 1. The van der Waals surface area contributed by atoms with Gasteiger partial charge in [0.2, 0.25) is 0 Å². The number of nitrogens with zero attached hydrogens (tertiary/aromatic N) is 1. The van der Waals surface area contributed by atoms with Crippen LogP contribution in [0.25, 0.3) is 0 Å².